The summed E-state index contributed by atoms with van der Waals surface area (Å²) >= 11 is 3.18. The van der Waals surface area contributed by atoms with Crippen LogP contribution >= 0.6 is 15.9 Å². The number of hydrogen-bond acceptors (Lipinski definition) is 4. The van der Waals surface area contributed by atoms with Crippen LogP contribution in [0.2, 0.25) is 0 Å². The van der Waals surface area contributed by atoms with Crippen LogP contribution in [0.3, 0.4) is 0 Å². The van der Waals surface area contributed by atoms with Gasteiger partial charge in [0.15, 0.2) is 0 Å². The van der Waals surface area contributed by atoms with Gasteiger partial charge in [-0.3, -0.25) is 0 Å². The lowest BCUT2D eigenvalue weighted by atomic mass is 10.1. The second-order valence-corrected chi connectivity index (χ2v) is 3.83. The predicted molar refractivity (Wildman–Crippen MR) is 60.7 cm³/mol. The lowest BCUT2D eigenvalue weighted by molar-refractivity contribution is 0.0522. The maximum atomic E-state index is 11.5. The second kappa shape index (κ2) is 5.64. The largest absolute Gasteiger partial charge is 0.462 e. The van der Waals surface area contributed by atoms with E-state index in [1.54, 1.807) is 13.0 Å². The second-order valence-electron chi connectivity index (χ2n) is 2.98. The molecule has 0 amide bonds. The van der Waals surface area contributed by atoms with Crippen molar-refractivity contribution in [3.8, 4) is 6.07 Å². The molecule has 0 saturated heterocycles. The molecule has 0 saturated carbocycles. The van der Waals surface area contributed by atoms with Gasteiger partial charge in [0.25, 0.3) is 0 Å². The van der Waals surface area contributed by atoms with E-state index in [0.29, 0.717) is 15.6 Å². The van der Waals surface area contributed by atoms with Crippen LogP contribution in [0.25, 0.3) is 0 Å². The summed E-state index contributed by atoms with van der Waals surface area (Å²) in [4.78, 5) is 11.5. The molecule has 0 aliphatic heterocycles. The summed E-state index contributed by atoms with van der Waals surface area (Å²) in [6.45, 7) is 1.67. The predicted octanol–water partition coefficient (Wildman–Crippen LogP) is 1.99. The van der Waals surface area contributed by atoms with Gasteiger partial charge in [0, 0.05) is 4.47 Å². The Hall–Kier alpha value is -1.38. The summed E-state index contributed by atoms with van der Waals surface area (Å²) in [5.41, 5.74) is 0.994. The van der Waals surface area contributed by atoms with E-state index in [-0.39, 0.29) is 18.8 Å². The standard InChI is InChI=1S/C11H10BrNO3/c1-2-16-11(15)9-3-7(5-13)10(12)4-8(9)6-14/h3-4,14H,2,6H2,1H3. The van der Waals surface area contributed by atoms with E-state index < -0.39 is 5.97 Å². The third-order valence-corrected chi connectivity index (χ3v) is 2.64. The Bertz CT molecular complexity index is 451. The molecule has 0 radical (unpaired) electrons. The molecule has 1 rings (SSSR count). The number of hydrogen-bond donors (Lipinski definition) is 1. The van der Waals surface area contributed by atoms with Gasteiger partial charge in [-0.1, -0.05) is 0 Å². The molecule has 0 spiro atoms. The molecular formula is C11H10BrNO3. The minimum atomic E-state index is -0.532. The number of carbonyl (C=O) groups excluding carboxylic acids is 1. The molecule has 4 nitrogen and oxygen atoms in total. The van der Waals surface area contributed by atoms with Crippen molar-refractivity contribution in [3.05, 3.63) is 33.3 Å². The molecule has 0 unspecified atom stereocenters. The molecule has 1 aromatic carbocycles. The van der Waals surface area contributed by atoms with Crippen LogP contribution < -0.4 is 0 Å². The van der Waals surface area contributed by atoms with Crippen molar-refractivity contribution >= 4 is 21.9 Å². The van der Waals surface area contributed by atoms with Crippen LogP contribution in [0.1, 0.15) is 28.4 Å². The van der Waals surface area contributed by atoms with Crippen LogP contribution in [0.5, 0.6) is 0 Å². The number of benzene rings is 1. The number of carbonyl (C=O) groups is 1. The first-order valence-corrected chi connectivity index (χ1v) is 5.43. The lowest BCUT2D eigenvalue weighted by Crippen LogP contribution is -2.09. The van der Waals surface area contributed by atoms with Crippen molar-refractivity contribution in [2.24, 2.45) is 0 Å². The number of aliphatic hydroxyl groups is 1. The number of nitriles is 1. The van der Waals surface area contributed by atoms with E-state index >= 15 is 0 Å². The molecule has 0 bridgehead atoms. The summed E-state index contributed by atoms with van der Waals surface area (Å²) in [5, 5.41) is 17.9. The Labute approximate surface area is 102 Å². The van der Waals surface area contributed by atoms with Crippen molar-refractivity contribution < 1.29 is 14.6 Å². The van der Waals surface area contributed by atoms with E-state index in [2.05, 4.69) is 15.9 Å². The minimum Gasteiger partial charge on any atom is -0.462 e. The van der Waals surface area contributed by atoms with Crippen molar-refractivity contribution in [1.82, 2.24) is 0 Å². The fourth-order valence-electron chi connectivity index (χ4n) is 1.23. The monoisotopic (exact) mass is 283 g/mol. The summed E-state index contributed by atoms with van der Waals surface area (Å²) in [6.07, 6.45) is 0. The maximum Gasteiger partial charge on any atom is 0.338 e. The zero-order valence-corrected chi connectivity index (χ0v) is 10.2. The number of nitrogens with zero attached hydrogens (tertiary/aromatic N) is 1. The van der Waals surface area contributed by atoms with Crippen molar-refractivity contribution in [2.45, 2.75) is 13.5 Å². The average molecular weight is 284 g/mol. The molecule has 0 aliphatic carbocycles. The average Bonchev–Trinajstić information content (AvgIpc) is 2.28. The molecule has 0 aliphatic rings. The summed E-state index contributed by atoms with van der Waals surface area (Å²) in [7, 11) is 0. The molecule has 16 heavy (non-hydrogen) atoms. The van der Waals surface area contributed by atoms with Crippen LogP contribution in [0.4, 0.5) is 0 Å². The first-order chi connectivity index (χ1) is 7.63. The summed E-state index contributed by atoms with van der Waals surface area (Å²) in [5.74, 6) is -0.532. The fraction of sp³-hybridized carbons (Fsp3) is 0.273. The first-order valence-electron chi connectivity index (χ1n) is 4.64. The van der Waals surface area contributed by atoms with Crippen LogP contribution in [0.15, 0.2) is 16.6 Å². The van der Waals surface area contributed by atoms with E-state index in [9.17, 15) is 4.79 Å². The molecule has 0 aromatic heterocycles. The zero-order valence-electron chi connectivity index (χ0n) is 8.66. The molecular weight excluding hydrogens is 274 g/mol. The number of halogens is 1. The number of rotatable bonds is 3. The van der Waals surface area contributed by atoms with E-state index in [4.69, 9.17) is 15.1 Å². The van der Waals surface area contributed by atoms with Gasteiger partial charge in [-0.15, -0.1) is 0 Å². The molecule has 84 valence electrons. The zero-order chi connectivity index (χ0) is 12.1. The van der Waals surface area contributed by atoms with Crippen molar-refractivity contribution in [1.29, 1.82) is 5.26 Å². The fourth-order valence-corrected chi connectivity index (χ4v) is 1.71. The third kappa shape index (κ3) is 2.60. The highest BCUT2D eigenvalue weighted by Gasteiger charge is 2.15. The molecule has 0 atom stereocenters. The number of aliphatic hydroxyl groups excluding tert-OH is 1. The summed E-state index contributed by atoms with van der Waals surface area (Å²) in [6, 6.07) is 4.90. The van der Waals surface area contributed by atoms with E-state index in [0.717, 1.165) is 0 Å². The Balaban J connectivity index is 3.26. The Kier molecular flexibility index (Phi) is 4.47. The SMILES string of the molecule is CCOC(=O)c1cc(C#N)c(Br)cc1CO. The van der Waals surface area contributed by atoms with Gasteiger partial charge in [-0.05, 0) is 40.5 Å². The van der Waals surface area contributed by atoms with Crippen molar-refractivity contribution in [2.75, 3.05) is 6.61 Å². The molecule has 1 N–H and O–H groups in total. The Morgan fingerprint density at radius 3 is 2.81 bits per heavy atom. The smallest absolute Gasteiger partial charge is 0.338 e. The van der Waals surface area contributed by atoms with E-state index in [1.165, 1.54) is 6.07 Å². The van der Waals surface area contributed by atoms with Crippen molar-refractivity contribution in [3.63, 3.8) is 0 Å². The highest BCUT2D eigenvalue weighted by atomic mass is 79.9. The third-order valence-electron chi connectivity index (χ3n) is 1.98. The normalized spacial score (nSPS) is 9.62. The van der Waals surface area contributed by atoms with Gasteiger partial charge >= 0.3 is 5.97 Å². The summed E-state index contributed by atoms with van der Waals surface area (Å²) < 4.78 is 5.38. The number of ether oxygens (including phenoxy) is 1. The molecule has 1 aromatic rings. The Morgan fingerprint density at radius 1 is 1.62 bits per heavy atom. The Morgan fingerprint density at radius 2 is 2.31 bits per heavy atom. The minimum absolute atomic E-state index is 0.226. The quantitative estimate of drug-likeness (QED) is 0.862. The number of esters is 1. The molecule has 0 heterocycles. The van der Waals surface area contributed by atoms with Gasteiger partial charge in [-0.2, -0.15) is 5.26 Å². The van der Waals surface area contributed by atoms with Gasteiger partial charge in [-0.25, -0.2) is 4.79 Å². The highest BCUT2D eigenvalue weighted by Crippen LogP contribution is 2.22. The van der Waals surface area contributed by atoms with Gasteiger partial charge in [0.2, 0.25) is 0 Å². The van der Waals surface area contributed by atoms with Gasteiger partial charge in [0.1, 0.15) is 6.07 Å². The van der Waals surface area contributed by atoms with Gasteiger partial charge in [0.05, 0.1) is 24.3 Å². The molecule has 0 fully saturated rings. The van der Waals surface area contributed by atoms with E-state index in [1.807, 2.05) is 6.07 Å². The molecule has 5 heteroatoms. The highest BCUT2D eigenvalue weighted by molar-refractivity contribution is 9.10. The lowest BCUT2D eigenvalue weighted by Gasteiger charge is -2.08. The van der Waals surface area contributed by atoms with Crippen LogP contribution in [-0.2, 0) is 11.3 Å². The maximum absolute atomic E-state index is 11.5. The first kappa shape index (κ1) is 12.7. The van der Waals surface area contributed by atoms with Gasteiger partial charge < -0.3 is 9.84 Å². The van der Waals surface area contributed by atoms with Crippen LogP contribution in [-0.4, -0.2) is 17.7 Å². The van der Waals surface area contributed by atoms with Crippen LogP contribution in [0, 0.1) is 11.3 Å². The topological polar surface area (TPSA) is 70.3 Å².